The summed E-state index contributed by atoms with van der Waals surface area (Å²) in [5, 5.41) is 0.910. The van der Waals surface area contributed by atoms with Gasteiger partial charge in [-0.05, 0) is 36.0 Å². The van der Waals surface area contributed by atoms with Gasteiger partial charge in [0.1, 0.15) is 17.7 Å². The van der Waals surface area contributed by atoms with Gasteiger partial charge in [-0.25, -0.2) is 19.9 Å². The van der Waals surface area contributed by atoms with Crippen molar-refractivity contribution in [2.45, 2.75) is 40.5 Å². The number of nitrogens with zero attached hydrogens (tertiary/aromatic N) is 4. The lowest BCUT2D eigenvalue weighted by Gasteiger charge is -2.29. The van der Waals surface area contributed by atoms with Crippen molar-refractivity contribution in [3.8, 4) is 22.8 Å². The number of rotatable bonds is 5. The molecule has 0 saturated carbocycles. The Morgan fingerprint density at radius 2 is 2.07 bits per heavy atom. The average molecular weight is 375 g/mol. The van der Waals surface area contributed by atoms with Gasteiger partial charge in [0, 0.05) is 29.0 Å². The Hall–Kier alpha value is -3.02. The molecule has 0 aliphatic carbocycles. The summed E-state index contributed by atoms with van der Waals surface area (Å²) in [4.78, 5) is 21.3. The summed E-state index contributed by atoms with van der Waals surface area (Å²) in [6.45, 7) is 9.09. The zero-order chi connectivity index (χ0) is 19.7. The first-order valence-corrected chi connectivity index (χ1v) is 9.65. The van der Waals surface area contributed by atoms with Crippen LogP contribution in [-0.4, -0.2) is 24.9 Å². The first-order chi connectivity index (χ1) is 13.5. The molecule has 0 spiro atoms. The molecule has 1 N–H and O–H groups in total. The van der Waals surface area contributed by atoms with Crippen LogP contribution in [0.5, 0.6) is 0 Å². The molecule has 0 bridgehead atoms. The summed E-state index contributed by atoms with van der Waals surface area (Å²) in [7, 11) is 0. The van der Waals surface area contributed by atoms with Crippen LogP contribution in [0, 0.1) is 11.3 Å². The fourth-order valence-corrected chi connectivity index (χ4v) is 3.63. The van der Waals surface area contributed by atoms with Crippen LogP contribution in [0.3, 0.4) is 0 Å². The van der Waals surface area contributed by atoms with Crippen molar-refractivity contribution in [3.63, 3.8) is 0 Å². The van der Waals surface area contributed by atoms with Crippen molar-refractivity contribution in [1.82, 2.24) is 24.9 Å². The summed E-state index contributed by atoms with van der Waals surface area (Å²) < 4.78 is 5.61. The summed E-state index contributed by atoms with van der Waals surface area (Å²) >= 11 is 0. The second-order valence-corrected chi connectivity index (χ2v) is 8.21. The highest BCUT2D eigenvalue weighted by Gasteiger charge is 2.24. The van der Waals surface area contributed by atoms with E-state index in [2.05, 4.69) is 42.6 Å². The molecule has 0 aromatic carbocycles. The number of nitrogens with one attached hydrogen (secondary N) is 1. The van der Waals surface area contributed by atoms with E-state index in [1.807, 2.05) is 24.4 Å². The van der Waals surface area contributed by atoms with Crippen LogP contribution in [0.4, 0.5) is 0 Å². The Bertz CT molecular complexity index is 1080. The van der Waals surface area contributed by atoms with E-state index < -0.39 is 0 Å². The summed E-state index contributed by atoms with van der Waals surface area (Å²) in [5.74, 6) is 1.92. The SMILES string of the molecule is CC[C@@H](Cc1cc(-c2ccco2)nc(-c2c[nH]c3ncncc23)n1)C(C)(C)C. The van der Waals surface area contributed by atoms with Crippen LogP contribution < -0.4 is 0 Å². The van der Waals surface area contributed by atoms with Gasteiger partial charge in [0.2, 0.25) is 0 Å². The Balaban J connectivity index is 1.83. The Morgan fingerprint density at radius 1 is 1.21 bits per heavy atom. The molecule has 0 saturated heterocycles. The molecular weight excluding hydrogens is 350 g/mol. The van der Waals surface area contributed by atoms with Crippen LogP contribution in [0.25, 0.3) is 33.9 Å². The van der Waals surface area contributed by atoms with Crippen LogP contribution in [0.1, 0.15) is 39.8 Å². The maximum absolute atomic E-state index is 5.61. The van der Waals surface area contributed by atoms with Crippen molar-refractivity contribution < 1.29 is 4.42 Å². The quantitative estimate of drug-likeness (QED) is 0.512. The van der Waals surface area contributed by atoms with E-state index in [0.717, 1.165) is 46.6 Å². The molecule has 4 aromatic heterocycles. The van der Waals surface area contributed by atoms with Crippen LogP contribution in [0.15, 0.2) is 47.6 Å². The van der Waals surface area contributed by atoms with Gasteiger partial charge in [-0.1, -0.05) is 34.1 Å². The number of fused-ring (bicyclic) bond motifs is 1. The zero-order valence-corrected chi connectivity index (χ0v) is 16.7. The number of aromatic amines is 1. The molecule has 0 radical (unpaired) electrons. The van der Waals surface area contributed by atoms with E-state index in [1.54, 1.807) is 12.5 Å². The molecule has 0 aliphatic heterocycles. The first kappa shape index (κ1) is 18.3. The van der Waals surface area contributed by atoms with Gasteiger partial charge >= 0.3 is 0 Å². The van der Waals surface area contributed by atoms with Gasteiger partial charge in [-0.2, -0.15) is 0 Å². The van der Waals surface area contributed by atoms with Gasteiger partial charge < -0.3 is 9.40 Å². The monoisotopic (exact) mass is 375 g/mol. The summed E-state index contributed by atoms with van der Waals surface area (Å²) in [6, 6.07) is 5.84. The average Bonchev–Trinajstić information content (AvgIpc) is 3.34. The largest absolute Gasteiger partial charge is 0.463 e. The van der Waals surface area contributed by atoms with Crippen LogP contribution in [0.2, 0.25) is 0 Å². The molecule has 0 amide bonds. The first-order valence-electron chi connectivity index (χ1n) is 9.65. The lowest BCUT2D eigenvalue weighted by molar-refractivity contribution is 0.230. The normalized spacial score (nSPS) is 13.1. The number of hydrogen-bond donors (Lipinski definition) is 1. The van der Waals surface area contributed by atoms with Crippen molar-refractivity contribution in [2.75, 3.05) is 0 Å². The third-order valence-electron chi connectivity index (χ3n) is 5.32. The molecule has 0 fully saturated rings. The Morgan fingerprint density at radius 3 is 2.79 bits per heavy atom. The van der Waals surface area contributed by atoms with Crippen molar-refractivity contribution >= 4 is 11.0 Å². The Labute approximate surface area is 164 Å². The predicted octanol–water partition coefficient (Wildman–Crippen LogP) is 5.29. The molecular formula is C22H25N5O. The van der Waals surface area contributed by atoms with Gasteiger partial charge in [-0.15, -0.1) is 0 Å². The zero-order valence-electron chi connectivity index (χ0n) is 16.7. The molecule has 0 unspecified atom stereocenters. The molecule has 6 heteroatoms. The lowest BCUT2D eigenvalue weighted by atomic mass is 9.76. The summed E-state index contributed by atoms with van der Waals surface area (Å²) in [6.07, 6.45) is 8.87. The van der Waals surface area contributed by atoms with Crippen molar-refractivity contribution in [2.24, 2.45) is 11.3 Å². The molecule has 144 valence electrons. The summed E-state index contributed by atoms with van der Waals surface area (Å²) in [5.41, 5.74) is 3.69. The molecule has 28 heavy (non-hydrogen) atoms. The maximum atomic E-state index is 5.61. The van der Waals surface area contributed by atoms with E-state index in [0.29, 0.717) is 11.7 Å². The van der Waals surface area contributed by atoms with Crippen molar-refractivity contribution in [3.05, 3.63) is 48.9 Å². The van der Waals surface area contributed by atoms with Gasteiger partial charge in [-0.3, -0.25) is 0 Å². The van der Waals surface area contributed by atoms with Crippen molar-refractivity contribution in [1.29, 1.82) is 0 Å². The third kappa shape index (κ3) is 3.54. The van der Waals surface area contributed by atoms with Crippen LogP contribution >= 0.6 is 0 Å². The highest BCUT2D eigenvalue weighted by atomic mass is 16.3. The second-order valence-electron chi connectivity index (χ2n) is 8.21. The highest BCUT2D eigenvalue weighted by Crippen LogP contribution is 2.33. The van der Waals surface area contributed by atoms with Gasteiger partial charge in [0.15, 0.2) is 11.6 Å². The second kappa shape index (κ2) is 7.19. The van der Waals surface area contributed by atoms with Crippen LogP contribution in [-0.2, 0) is 6.42 Å². The molecule has 4 aromatic rings. The highest BCUT2D eigenvalue weighted by molar-refractivity contribution is 5.91. The van der Waals surface area contributed by atoms with E-state index in [4.69, 9.17) is 14.4 Å². The van der Waals surface area contributed by atoms with E-state index >= 15 is 0 Å². The Kier molecular flexibility index (Phi) is 4.71. The minimum absolute atomic E-state index is 0.208. The topological polar surface area (TPSA) is 80.5 Å². The number of aromatic nitrogens is 5. The number of H-pyrrole nitrogens is 1. The fraction of sp³-hybridized carbons (Fsp3) is 0.364. The van der Waals surface area contributed by atoms with E-state index in [-0.39, 0.29) is 5.41 Å². The molecule has 6 nitrogen and oxygen atoms in total. The van der Waals surface area contributed by atoms with E-state index in [1.165, 1.54) is 6.33 Å². The molecule has 4 rings (SSSR count). The standard InChI is InChI=1S/C22H25N5O/c1-5-14(22(2,3)4)9-15-10-18(19-7-6-8-28-19)27-21(26-15)17-12-24-20-16(17)11-23-13-25-20/h6-8,10-14H,5,9H2,1-4H3,(H,23,24,25)/t14-/m0/s1. The molecule has 1 atom stereocenters. The van der Waals surface area contributed by atoms with E-state index in [9.17, 15) is 0 Å². The smallest absolute Gasteiger partial charge is 0.162 e. The lowest BCUT2D eigenvalue weighted by Crippen LogP contribution is -2.22. The minimum Gasteiger partial charge on any atom is -0.463 e. The third-order valence-corrected chi connectivity index (χ3v) is 5.32. The molecule has 4 heterocycles. The number of furan rings is 1. The minimum atomic E-state index is 0.208. The van der Waals surface area contributed by atoms with Gasteiger partial charge in [0.25, 0.3) is 0 Å². The predicted molar refractivity (Wildman–Crippen MR) is 110 cm³/mol. The number of hydrogen-bond acceptors (Lipinski definition) is 5. The molecule has 0 aliphatic rings. The van der Waals surface area contributed by atoms with Gasteiger partial charge in [0.05, 0.1) is 6.26 Å². The fourth-order valence-electron chi connectivity index (χ4n) is 3.63. The maximum Gasteiger partial charge on any atom is 0.162 e.